The molecular weight excluding hydrogens is 314 g/mol. The van der Waals surface area contributed by atoms with E-state index < -0.39 is 0 Å². The van der Waals surface area contributed by atoms with Crippen LogP contribution in [-0.4, -0.2) is 29.4 Å². The zero-order valence-corrected chi connectivity index (χ0v) is 14.2. The largest absolute Gasteiger partial charge is 0.360 e. The first kappa shape index (κ1) is 15.3. The number of benzene rings is 1. The van der Waals surface area contributed by atoms with Crippen LogP contribution >= 0.6 is 0 Å². The summed E-state index contributed by atoms with van der Waals surface area (Å²) in [6.07, 6.45) is 3.50. The fraction of sp³-hybridized carbons (Fsp3) is 0.222. The molecule has 0 saturated heterocycles. The van der Waals surface area contributed by atoms with E-state index in [0.717, 1.165) is 35.1 Å². The third-order valence-corrected chi connectivity index (χ3v) is 4.17. The van der Waals surface area contributed by atoms with Crippen molar-refractivity contribution in [1.82, 2.24) is 29.4 Å². The maximum absolute atomic E-state index is 4.70. The molecule has 0 bridgehead atoms. The molecule has 0 aliphatic heterocycles. The Morgan fingerprint density at radius 3 is 2.80 bits per heavy atom. The van der Waals surface area contributed by atoms with Crippen LogP contribution in [0.25, 0.3) is 16.9 Å². The van der Waals surface area contributed by atoms with E-state index in [4.69, 9.17) is 4.98 Å². The van der Waals surface area contributed by atoms with Crippen LogP contribution in [0.4, 0.5) is 5.82 Å². The van der Waals surface area contributed by atoms with Crippen molar-refractivity contribution in [1.29, 1.82) is 0 Å². The molecule has 3 heterocycles. The second-order valence-electron chi connectivity index (χ2n) is 5.84. The molecule has 0 fully saturated rings. The normalized spacial score (nSPS) is 12.4. The molecule has 1 atom stereocenters. The standard InChI is InChI=1S/C18H19N7/c1-3-24-12-19-23-18(24)13(2)21-17-11-15(14-7-5-4-6-8-14)22-16-9-10-20-25(16)17/h4-13,21H,3H2,1-2H3. The van der Waals surface area contributed by atoms with Crippen LogP contribution in [0, 0.1) is 0 Å². The maximum Gasteiger partial charge on any atom is 0.157 e. The summed E-state index contributed by atoms with van der Waals surface area (Å²) in [5, 5.41) is 16.1. The van der Waals surface area contributed by atoms with Gasteiger partial charge in [-0.3, -0.25) is 0 Å². The third kappa shape index (κ3) is 2.84. The van der Waals surface area contributed by atoms with E-state index >= 15 is 0 Å². The van der Waals surface area contributed by atoms with E-state index in [1.54, 1.807) is 17.0 Å². The summed E-state index contributed by atoms with van der Waals surface area (Å²) in [6, 6.07) is 14.0. The van der Waals surface area contributed by atoms with Gasteiger partial charge in [0.25, 0.3) is 0 Å². The van der Waals surface area contributed by atoms with Crippen molar-refractivity contribution in [3.05, 3.63) is 60.8 Å². The fourth-order valence-corrected chi connectivity index (χ4v) is 2.90. The lowest BCUT2D eigenvalue weighted by atomic mass is 10.1. The van der Waals surface area contributed by atoms with Crippen LogP contribution in [0.5, 0.6) is 0 Å². The topological polar surface area (TPSA) is 72.9 Å². The Bertz CT molecular complexity index is 987. The molecule has 0 aliphatic carbocycles. The fourth-order valence-electron chi connectivity index (χ4n) is 2.90. The SMILES string of the molecule is CCn1cnnc1C(C)Nc1cc(-c2ccccc2)nc2ccnn12. The summed E-state index contributed by atoms with van der Waals surface area (Å²) in [5.74, 6) is 1.76. The second kappa shape index (κ2) is 6.35. The summed E-state index contributed by atoms with van der Waals surface area (Å²) in [5.41, 5.74) is 2.77. The molecule has 4 rings (SSSR count). The van der Waals surface area contributed by atoms with Crippen molar-refractivity contribution in [3.8, 4) is 11.3 Å². The van der Waals surface area contributed by atoms with Gasteiger partial charge in [-0.15, -0.1) is 10.2 Å². The molecule has 0 aliphatic rings. The van der Waals surface area contributed by atoms with E-state index in [9.17, 15) is 0 Å². The first-order valence-electron chi connectivity index (χ1n) is 8.30. The van der Waals surface area contributed by atoms with E-state index in [1.807, 2.05) is 34.9 Å². The van der Waals surface area contributed by atoms with Crippen LogP contribution in [0.15, 0.2) is 55.0 Å². The van der Waals surface area contributed by atoms with Crippen molar-refractivity contribution >= 4 is 11.5 Å². The van der Waals surface area contributed by atoms with Gasteiger partial charge in [0.2, 0.25) is 0 Å². The smallest absolute Gasteiger partial charge is 0.157 e. The van der Waals surface area contributed by atoms with Crippen molar-refractivity contribution in [3.63, 3.8) is 0 Å². The Labute approximate surface area is 145 Å². The van der Waals surface area contributed by atoms with E-state index in [0.29, 0.717) is 0 Å². The molecule has 1 unspecified atom stereocenters. The molecule has 126 valence electrons. The van der Waals surface area contributed by atoms with E-state index in [2.05, 4.69) is 46.6 Å². The molecule has 25 heavy (non-hydrogen) atoms. The van der Waals surface area contributed by atoms with Gasteiger partial charge < -0.3 is 9.88 Å². The van der Waals surface area contributed by atoms with Crippen LogP contribution < -0.4 is 5.32 Å². The molecule has 0 amide bonds. The van der Waals surface area contributed by atoms with Crippen molar-refractivity contribution in [2.45, 2.75) is 26.4 Å². The highest BCUT2D eigenvalue weighted by Gasteiger charge is 2.15. The zero-order valence-electron chi connectivity index (χ0n) is 14.2. The minimum Gasteiger partial charge on any atom is -0.360 e. The molecule has 1 aromatic carbocycles. The van der Waals surface area contributed by atoms with Gasteiger partial charge in [0.1, 0.15) is 12.1 Å². The first-order valence-corrected chi connectivity index (χ1v) is 8.30. The molecule has 1 N–H and O–H groups in total. The number of hydrogen-bond acceptors (Lipinski definition) is 5. The average Bonchev–Trinajstić information content (AvgIpc) is 3.31. The number of hydrogen-bond donors (Lipinski definition) is 1. The molecule has 4 aromatic rings. The minimum absolute atomic E-state index is 0.0131. The van der Waals surface area contributed by atoms with Gasteiger partial charge in [-0.25, -0.2) is 4.98 Å². The molecule has 0 saturated carbocycles. The lowest BCUT2D eigenvalue weighted by Gasteiger charge is -2.17. The van der Waals surface area contributed by atoms with Gasteiger partial charge in [-0.2, -0.15) is 9.61 Å². The van der Waals surface area contributed by atoms with Gasteiger partial charge in [0.05, 0.1) is 17.9 Å². The molecule has 0 spiro atoms. The monoisotopic (exact) mass is 333 g/mol. The van der Waals surface area contributed by atoms with Gasteiger partial charge in [-0.05, 0) is 13.8 Å². The third-order valence-electron chi connectivity index (χ3n) is 4.17. The number of nitrogens with zero attached hydrogens (tertiary/aromatic N) is 6. The predicted molar refractivity (Wildman–Crippen MR) is 96.2 cm³/mol. The summed E-state index contributed by atoms with van der Waals surface area (Å²) in [6.45, 7) is 4.97. The number of anilines is 1. The van der Waals surface area contributed by atoms with E-state index in [1.165, 1.54) is 0 Å². The Balaban J connectivity index is 1.75. The molecule has 0 radical (unpaired) electrons. The second-order valence-corrected chi connectivity index (χ2v) is 5.84. The highest BCUT2D eigenvalue weighted by atomic mass is 15.3. The quantitative estimate of drug-likeness (QED) is 0.607. The molecule has 3 aromatic heterocycles. The van der Waals surface area contributed by atoms with Crippen LogP contribution in [0.1, 0.15) is 25.7 Å². The summed E-state index contributed by atoms with van der Waals surface area (Å²) in [7, 11) is 0. The average molecular weight is 333 g/mol. The zero-order chi connectivity index (χ0) is 17.2. The Morgan fingerprint density at radius 2 is 2.00 bits per heavy atom. The maximum atomic E-state index is 4.70. The number of aryl methyl sites for hydroxylation is 1. The van der Waals surface area contributed by atoms with Gasteiger partial charge in [0, 0.05) is 24.2 Å². The Morgan fingerprint density at radius 1 is 1.16 bits per heavy atom. The lowest BCUT2D eigenvalue weighted by Crippen LogP contribution is -2.15. The van der Waals surface area contributed by atoms with Crippen molar-refractivity contribution < 1.29 is 0 Å². The summed E-state index contributed by atoms with van der Waals surface area (Å²) >= 11 is 0. The highest BCUT2D eigenvalue weighted by molar-refractivity contribution is 5.66. The minimum atomic E-state index is -0.0131. The van der Waals surface area contributed by atoms with Gasteiger partial charge in [-0.1, -0.05) is 30.3 Å². The van der Waals surface area contributed by atoms with Crippen molar-refractivity contribution in [2.24, 2.45) is 0 Å². The summed E-state index contributed by atoms with van der Waals surface area (Å²) < 4.78 is 3.83. The highest BCUT2D eigenvalue weighted by Crippen LogP contribution is 2.24. The number of fused-ring (bicyclic) bond motifs is 1. The van der Waals surface area contributed by atoms with Gasteiger partial charge >= 0.3 is 0 Å². The number of nitrogens with one attached hydrogen (secondary N) is 1. The Kier molecular flexibility index (Phi) is 3.89. The molecule has 7 nitrogen and oxygen atoms in total. The van der Waals surface area contributed by atoms with Crippen LogP contribution in [0.3, 0.4) is 0 Å². The predicted octanol–water partition coefficient (Wildman–Crippen LogP) is 3.18. The Hall–Kier alpha value is -3.22. The van der Waals surface area contributed by atoms with E-state index in [-0.39, 0.29) is 6.04 Å². The first-order chi connectivity index (χ1) is 12.3. The molecular formula is C18H19N7. The summed E-state index contributed by atoms with van der Waals surface area (Å²) in [4.78, 5) is 4.70. The lowest BCUT2D eigenvalue weighted by molar-refractivity contribution is 0.655. The van der Waals surface area contributed by atoms with Crippen LogP contribution in [0.2, 0.25) is 0 Å². The van der Waals surface area contributed by atoms with Gasteiger partial charge in [0.15, 0.2) is 11.5 Å². The number of rotatable bonds is 5. The van der Waals surface area contributed by atoms with Crippen molar-refractivity contribution in [2.75, 3.05) is 5.32 Å². The number of aromatic nitrogens is 6. The molecule has 7 heteroatoms. The van der Waals surface area contributed by atoms with Crippen LogP contribution in [-0.2, 0) is 6.54 Å².